The van der Waals surface area contributed by atoms with Crippen LogP contribution in [-0.2, 0) is 11.2 Å². The van der Waals surface area contributed by atoms with Crippen LogP contribution in [-0.4, -0.2) is 32.3 Å². The summed E-state index contributed by atoms with van der Waals surface area (Å²) in [4.78, 5) is 2.36. The van der Waals surface area contributed by atoms with Gasteiger partial charge in [0, 0.05) is 29.3 Å². The van der Waals surface area contributed by atoms with Crippen LogP contribution in [0.25, 0.3) is 0 Å². The van der Waals surface area contributed by atoms with E-state index < -0.39 is 0 Å². The molecule has 1 atom stereocenters. The number of ether oxygens (including phenoxy) is 1. The SMILES string of the molecule is CCC(N)Cc1ccc(N2CCOCC2)cc1Br. The van der Waals surface area contributed by atoms with Gasteiger partial charge in [-0.15, -0.1) is 0 Å². The maximum Gasteiger partial charge on any atom is 0.0642 e. The highest BCUT2D eigenvalue weighted by molar-refractivity contribution is 9.10. The number of hydrogen-bond donors (Lipinski definition) is 1. The Balaban J connectivity index is 2.08. The van der Waals surface area contributed by atoms with Crippen molar-refractivity contribution in [3.05, 3.63) is 28.2 Å². The summed E-state index contributed by atoms with van der Waals surface area (Å²) < 4.78 is 6.53. The van der Waals surface area contributed by atoms with Gasteiger partial charge in [0.05, 0.1) is 13.2 Å². The average molecular weight is 313 g/mol. The van der Waals surface area contributed by atoms with Gasteiger partial charge in [-0.3, -0.25) is 0 Å². The van der Waals surface area contributed by atoms with Crippen molar-refractivity contribution in [1.29, 1.82) is 0 Å². The molecule has 1 aromatic carbocycles. The van der Waals surface area contributed by atoms with Crippen LogP contribution in [0.15, 0.2) is 22.7 Å². The van der Waals surface area contributed by atoms with E-state index in [9.17, 15) is 0 Å². The highest BCUT2D eigenvalue weighted by atomic mass is 79.9. The standard InChI is InChI=1S/C14H21BrN2O/c1-2-12(16)9-11-3-4-13(10-14(11)15)17-5-7-18-8-6-17/h3-4,10,12H,2,5-9,16H2,1H3. The van der Waals surface area contributed by atoms with Gasteiger partial charge in [0.15, 0.2) is 0 Å². The molecule has 0 bridgehead atoms. The van der Waals surface area contributed by atoms with Crippen molar-refractivity contribution in [3.63, 3.8) is 0 Å². The van der Waals surface area contributed by atoms with Gasteiger partial charge in [-0.25, -0.2) is 0 Å². The third-order valence-electron chi connectivity index (χ3n) is 3.42. The zero-order chi connectivity index (χ0) is 13.0. The van der Waals surface area contributed by atoms with Gasteiger partial charge in [0.25, 0.3) is 0 Å². The minimum atomic E-state index is 0.246. The number of nitrogens with zero attached hydrogens (tertiary/aromatic N) is 1. The first-order valence-corrected chi connectivity index (χ1v) is 7.36. The second-order valence-electron chi connectivity index (χ2n) is 4.75. The van der Waals surface area contributed by atoms with Gasteiger partial charge in [0.2, 0.25) is 0 Å². The van der Waals surface area contributed by atoms with Gasteiger partial charge < -0.3 is 15.4 Å². The van der Waals surface area contributed by atoms with Crippen molar-refractivity contribution >= 4 is 21.6 Å². The van der Waals surface area contributed by atoms with E-state index in [0.717, 1.165) is 43.6 Å². The molecule has 1 heterocycles. The lowest BCUT2D eigenvalue weighted by Gasteiger charge is -2.29. The van der Waals surface area contributed by atoms with E-state index >= 15 is 0 Å². The van der Waals surface area contributed by atoms with Crippen LogP contribution in [0.2, 0.25) is 0 Å². The number of hydrogen-bond acceptors (Lipinski definition) is 3. The topological polar surface area (TPSA) is 38.5 Å². The lowest BCUT2D eigenvalue weighted by atomic mass is 10.0. The Labute approximate surface area is 117 Å². The predicted octanol–water partition coefficient (Wildman–Crippen LogP) is 2.57. The molecule has 0 spiro atoms. The first kappa shape index (κ1) is 13.8. The van der Waals surface area contributed by atoms with Gasteiger partial charge >= 0.3 is 0 Å². The van der Waals surface area contributed by atoms with E-state index in [1.54, 1.807) is 0 Å². The lowest BCUT2D eigenvalue weighted by Crippen LogP contribution is -2.36. The zero-order valence-electron chi connectivity index (χ0n) is 10.9. The molecule has 0 aliphatic carbocycles. The fraction of sp³-hybridized carbons (Fsp3) is 0.571. The molecular formula is C14H21BrN2O. The van der Waals surface area contributed by atoms with Crippen LogP contribution in [0.5, 0.6) is 0 Å². The van der Waals surface area contributed by atoms with Gasteiger partial charge in [-0.1, -0.05) is 28.9 Å². The van der Waals surface area contributed by atoms with Gasteiger partial charge in [-0.2, -0.15) is 0 Å². The minimum Gasteiger partial charge on any atom is -0.378 e. The summed E-state index contributed by atoms with van der Waals surface area (Å²) in [5, 5.41) is 0. The summed E-state index contributed by atoms with van der Waals surface area (Å²) in [6.07, 6.45) is 1.94. The molecular weight excluding hydrogens is 292 g/mol. The van der Waals surface area contributed by atoms with Crippen LogP contribution in [0, 0.1) is 0 Å². The molecule has 1 aliphatic rings. The fourth-order valence-corrected chi connectivity index (χ4v) is 2.68. The normalized spacial score (nSPS) is 17.8. The number of nitrogens with two attached hydrogens (primary N) is 1. The summed E-state index contributed by atoms with van der Waals surface area (Å²) in [5.41, 5.74) is 8.56. The van der Waals surface area contributed by atoms with Crippen molar-refractivity contribution in [2.45, 2.75) is 25.8 Å². The van der Waals surface area contributed by atoms with E-state index in [1.807, 2.05) is 0 Å². The smallest absolute Gasteiger partial charge is 0.0642 e. The average Bonchev–Trinajstić information content (AvgIpc) is 2.42. The predicted molar refractivity (Wildman–Crippen MR) is 79.1 cm³/mol. The summed E-state index contributed by atoms with van der Waals surface area (Å²) in [6.45, 7) is 5.71. The number of halogens is 1. The highest BCUT2D eigenvalue weighted by Crippen LogP contribution is 2.25. The highest BCUT2D eigenvalue weighted by Gasteiger charge is 2.13. The van der Waals surface area contributed by atoms with E-state index in [1.165, 1.54) is 11.3 Å². The van der Waals surface area contributed by atoms with Crippen LogP contribution < -0.4 is 10.6 Å². The summed E-state index contributed by atoms with van der Waals surface area (Å²) in [6, 6.07) is 6.82. The van der Waals surface area contributed by atoms with Crippen molar-refractivity contribution < 1.29 is 4.74 Å². The summed E-state index contributed by atoms with van der Waals surface area (Å²) >= 11 is 3.66. The second kappa shape index (κ2) is 6.55. The Morgan fingerprint density at radius 1 is 1.39 bits per heavy atom. The monoisotopic (exact) mass is 312 g/mol. The molecule has 4 heteroatoms. The maximum absolute atomic E-state index is 6.01. The molecule has 18 heavy (non-hydrogen) atoms. The van der Waals surface area contributed by atoms with Crippen molar-refractivity contribution in [3.8, 4) is 0 Å². The van der Waals surface area contributed by atoms with Crippen molar-refractivity contribution in [2.24, 2.45) is 5.73 Å². The third kappa shape index (κ3) is 3.46. The van der Waals surface area contributed by atoms with E-state index in [4.69, 9.17) is 10.5 Å². The molecule has 0 amide bonds. The molecule has 100 valence electrons. The first-order valence-electron chi connectivity index (χ1n) is 6.57. The number of morpholine rings is 1. The zero-order valence-corrected chi connectivity index (χ0v) is 12.4. The maximum atomic E-state index is 6.01. The Morgan fingerprint density at radius 3 is 2.72 bits per heavy atom. The van der Waals surface area contributed by atoms with E-state index in [0.29, 0.717) is 0 Å². The van der Waals surface area contributed by atoms with Crippen LogP contribution >= 0.6 is 15.9 Å². The van der Waals surface area contributed by atoms with Gasteiger partial charge in [0.1, 0.15) is 0 Å². The third-order valence-corrected chi connectivity index (χ3v) is 4.16. The summed E-state index contributed by atoms with van der Waals surface area (Å²) in [5.74, 6) is 0. The number of anilines is 1. The van der Waals surface area contributed by atoms with Crippen molar-refractivity contribution in [1.82, 2.24) is 0 Å². The van der Waals surface area contributed by atoms with Crippen LogP contribution in [0.4, 0.5) is 5.69 Å². The molecule has 1 aliphatic heterocycles. The Bertz CT molecular complexity index is 391. The van der Waals surface area contributed by atoms with Crippen LogP contribution in [0.1, 0.15) is 18.9 Å². The first-order chi connectivity index (χ1) is 8.70. The van der Waals surface area contributed by atoms with Crippen LogP contribution in [0.3, 0.4) is 0 Å². The quantitative estimate of drug-likeness (QED) is 0.928. The summed E-state index contributed by atoms with van der Waals surface area (Å²) in [7, 11) is 0. The molecule has 0 radical (unpaired) electrons. The Kier molecular flexibility index (Phi) is 5.03. The molecule has 1 unspecified atom stereocenters. The number of benzene rings is 1. The molecule has 0 aromatic heterocycles. The molecule has 1 saturated heterocycles. The van der Waals surface area contributed by atoms with Gasteiger partial charge in [-0.05, 0) is 30.5 Å². The largest absolute Gasteiger partial charge is 0.378 e. The van der Waals surface area contributed by atoms with E-state index in [2.05, 4.69) is 46.0 Å². The lowest BCUT2D eigenvalue weighted by molar-refractivity contribution is 0.122. The molecule has 0 saturated carbocycles. The molecule has 1 aromatic rings. The molecule has 1 fully saturated rings. The Morgan fingerprint density at radius 2 is 2.11 bits per heavy atom. The molecule has 2 rings (SSSR count). The second-order valence-corrected chi connectivity index (χ2v) is 5.60. The van der Waals surface area contributed by atoms with Crippen molar-refractivity contribution in [2.75, 3.05) is 31.2 Å². The fourth-order valence-electron chi connectivity index (χ4n) is 2.15. The molecule has 3 nitrogen and oxygen atoms in total. The number of rotatable bonds is 4. The van der Waals surface area contributed by atoms with E-state index in [-0.39, 0.29) is 6.04 Å². The molecule has 2 N–H and O–H groups in total. The Hall–Kier alpha value is -0.580. The minimum absolute atomic E-state index is 0.246.